The molecule has 3 aromatic rings. The Kier molecular flexibility index (Phi) is 11.5. The molecule has 2 aromatic carbocycles. The topological polar surface area (TPSA) is 216 Å². The first-order valence-electron chi connectivity index (χ1n) is 14.8. The van der Waals surface area contributed by atoms with Crippen LogP contribution in [0.4, 0.5) is 4.79 Å². The van der Waals surface area contributed by atoms with Gasteiger partial charge in [-0.2, -0.15) is 0 Å². The molecule has 4 unspecified atom stereocenters. The molecule has 4 atom stereocenters. The summed E-state index contributed by atoms with van der Waals surface area (Å²) in [5, 5.41) is 19.2. The fraction of sp³-hybridized carbons (Fsp3) is 0.400. The van der Waals surface area contributed by atoms with E-state index < -0.39 is 43.4 Å². The summed E-state index contributed by atoms with van der Waals surface area (Å²) < 4.78 is 15.7. The average Bonchev–Trinajstić information content (AvgIpc) is 3.34. The number of carboxylic acid groups (broad SMARTS) is 1. The second kappa shape index (κ2) is 14.8. The first-order chi connectivity index (χ1) is 22.0. The molecule has 13 nitrogen and oxygen atoms in total. The fourth-order valence-corrected chi connectivity index (χ4v) is 6.97. The van der Waals surface area contributed by atoms with Crippen LogP contribution in [0.1, 0.15) is 49.9 Å². The van der Waals surface area contributed by atoms with Crippen LogP contribution >= 0.6 is 43.2 Å². The molecule has 1 aliphatic rings. The third-order valence-electron chi connectivity index (χ3n) is 8.39. The quantitative estimate of drug-likeness (QED) is 0.0918. The van der Waals surface area contributed by atoms with E-state index in [1.165, 1.54) is 24.3 Å². The van der Waals surface area contributed by atoms with Crippen molar-refractivity contribution in [2.24, 2.45) is 11.7 Å². The van der Waals surface area contributed by atoms with Gasteiger partial charge in [0.1, 0.15) is 17.3 Å². The zero-order chi connectivity index (χ0) is 34.7. The maximum atomic E-state index is 14.2. The van der Waals surface area contributed by atoms with Gasteiger partial charge in [-0.1, -0.05) is 67.8 Å². The van der Waals surface area contributed by atoms with E-state index >= 15 is 0 Å². The van der Waals surface area contributed by atoms with Gasteiger partial charge in [-0.15, -0.1) is 0 Å². The predicted octanol–water partition coefficient (Wildman–Crippen LogP) is 4.38. The predicted molar refractivity (Wildman–Crippen MR) is 182 cm³/mol. The number of fused-ring (bicyclic) bond motifs is 3. The van der Waals surface area contributed by atoms with E-state index in [0.29, 0.717) is 39.4 Å². The SMILES string of the molecule is CCC(C)C(NC(=O)C1(NC(=O)C(CCc2ccc(OP(=O)(O)O)cc2)NC(=O)O)CCc2[nH]c3c(Cl)cc(Cl)cc3c2C1)C(N)=S. The largest absolute Gasteiger partial charge is 0.524 e. The van der Waals surface area contributed by atoms with Crippen LogP contribution in [0, 0.1) is 5.92 Å². The summed E-state index contributed by atoms with van der Waals surface area (Å²) in [6.45, 7) is 3.84. The van der Waals surface area contributed by atoms with Crippen LogP contribution in [0.15, 0.2) is 36.4 Å². The number of benzene rings is 2. The number of aromatic nitrogens is 1. The maximum absolute atomic E-state index is 14.2. The maximum Gasteiger partial charge on any atom is 0.524 e. The number of carbonyl (C=O) groups excluding carboxylic acids is 2. The lowest BCUT2D eigenvalue weighted by atomic mass is 9.78. The lowest BCUT2D eigenvalue weighted by Gasteiger charge is -2.39. The second-order valence-electron chi connectivity index (χ2n) is 11.6. The Balaban J connectivity index is 1.65. The van der Waals surface area contributed by atoms with Crippen molar-refractivity contribution in [1.82, 2.24) is 20.9 Å². The number of rotatable bonds is 13. The molecule has 0 bridgehead atoms. The lowest BCUT2D eigenvalue weighted by Crippen LogP contribution is -2.66. The van der Waals surface area contributed by atoms with E-state index in [-0.39, 0.29) is 42.3 Å². The summed E-state index contributed by atoms with van der Waals surface area (Å²) in [5.74, 6) is -1.41. The van der Waals surface area contributed by atoms with Gasteiger partial charge in [0.2, 0.25) is 11.8 Å². The number of carbonyl (C=O) groups is 3. The average molecular weight is 729 g/mol. The van der Waals surface area contributed by atoms with Crippen LogP contribution in [-0.4, -0.2) is 60.4 Å². The molecule has 4 rings (SSSR count). The summed E-state index contributed by atoms with van der Waals surface area (Å²) in [5.41, 5.74) is 7.35. The molecular weight excluding hydrogens is 692 g/mol. The number of H-pyrrole nitrogens is 1. The van der Waals surface area contributed by atoms with Crippen molar-refractivity contribution in [3.63, 3.8) is 0 Å². The molecule has 0 saturated carbocycles. The summed E-state index contributed by atoms with van der Waals surface area (Å²) in [7, 11) is -4.74. The fourth-order valence-electron chi connectivity index (χ4n) is 5.74. The minimum Gasteiger partial charge on any atom is -0.465 e. The van der Waals surface area contributed by atoms with E-state index in [4.69, 9.17) is 50.9 Å². The van der Waals surface area contributed by atoms with Crippen molar-refractivity contribution >= 4 is 77.0 Å². The monoisotopic (exact) mass is 727 g/mol. The molecule has 0 radical (unpaired) electrons. The van der Waals surface area contributed by atoms with E-state index in [1.54, 1.807) is 12.1 Å². The molecule has 254 valence electrons. The third kappa shape index (κ3) is 8.95. The Morgan fingerprint density at radius 3 is 2.45 bits per heavy atom. The van der Waals surface area contributed by atoms with E-state index in [0.717, 1.165) is 11.3 Å². The number of hydrogen-bond donors (Lipinski definition) is 8. The van der Waals surface area contributed by atoms with E-state index in [1.807, 2.05) is 13.8 Å². The molecule has 0 saturated heterocycles. The molecule has 0 aliphatic heterocycles. The summed E-state index contributed by atoms with van der Waals surface area (Å²) in [6.07, 6.45) is -0.000725. The minimum atomic E-state index is -4.74. The van der Waals surface area contributed by atoms with Crippen LogP contribution in [0.5, 0.6) is 5.75 Å². The van der Waals surface area contributed by atoms with Crippen molar-refractivity contribution in [2.75, 3.05) is 0 Å². The molecule has 0 fully saturated rings. The van der Waals surface area contributed by atoms with Gasteiger partial charge in [0.25, 0.3) is 0 Å². The number of thiocarbonyl (C=S) groups is 1. The van der Waals surface area contributed by atoms with Gasteiger partial charge in [0, 0.05) is 22.5 Å². The van der Waals surface area contributed by atoms with E-state index in [2.05, 4.69) is 25.5 Å². The summed E-state index contributed by atoms with van der Waals surface area (Å²) >= 11 is 18.1. The number of phosphoric ester groups is 1. The molecule has 9 N–H and O–H groups in total. The number of phosphoric acid groups is 1. The minimum absolute atomic E-state index is 0.000457. The molecular formula is C30H36Cl2N5O8PS. The standard InChI is InChI=1S/C30H36Cl2N5O8PS/c1-3-15(2)24(26(33)47)36-28(39)30(11-10-22-20(14-30)19-12-17(31)13-21(32)25(19)34-22)37-27(38)23(35-29(40)41)9-6-16-4-7-18(8-5-16)45-46(42,43)44/h4-5,7-8,12-13,15,23-24,34-35H,3,6,9-11,14H2,1-2H3,(H2,33,47)(H,36,39)(H,37,38)(H,40,41)(H2,42,43,44). The number of hydrogen-bond acceptors (Lipinski definition) is 6. The molecule has 3 amide bonds. The van der Waals surface area contributed by atoms with Gasteiger partial charge in [-0.05, 0) is 67.0 Å². The Morgan fingerprint density at radius 2 is 1.85 bits per heavy atom. The Labute approximate surface area is 286 Å². The number of aromatic amines is 1. The summed E-state index contributed by atoms with van der Waals surface area (Å²) in [4.78, 5) is 61.3. The highest BCUT2D eigenvalue weighted by atomic mass is 35.5. The van der Waals surface area contributed by atoms with Crippen LogP contribution in [0.3, 0.4) is 0 Å². The highest BCUT2D eigenvalue weighted by molar-refractivity contribution is 7.80. The summed E-state index contributed by atoms with van der Waals surface area (Å²) in [6, 6.07) is 7.19. The highest BCUT2D eigenvalue weighted by Crippen LogP contribution is 2.39. The van der Waals surface area contributed by atoms with Gasteiger partial charge in [-0.25, -0.2) is 9.36 Å². The van der Waals surface area contributed by atoms with Crippen molar-refractivity contribution < 1.29 is 38.4 Å². The highest BCUT2D eigenvalue weighted by Gasteiger charge is 2.46. The third-order valence-corrected chi connectivity index (χ3v) is 9.61. The van der Waals surface area contributed by atoms with Crippen molar-refractivity contribution in [3.05, 3.63) is 63.3 Å². The van der Waals surface area contributed by atoms with Crippen molar-refractivity contribution in [2.45, 2.75) is 70.0 Å². The normalized spacial score (nSPS) is 18.0. The van der Waals surface area contributed by atoms with Crippen LogP contribution < -0.4 is 26.2 Å². The molecule has 1 aromatic heterocycles. The van der Waals surface area contributed by atoms with Crippen LogP contribution in [0.25, 0.3) is 10.9 Å². The molecule has 1 heterocycles. The molecule has 1 aliphatic carbocycles. The smallest absolute Gasteiger partial charge is 0.465 e. The van der Waals surface area contributed by atoms with Crippen LogP contribution in [-0.2, 0) is 33.4 Å². The zero-order valence-corrected chi connectivity index (χ0v) is 28.7. The number of halogens is 2. The van der Waals surface area contributed by atoms with Gasteiger partial charge in [0.15, 0.2) is 0 Å². The molecule has 47 heavy (non-hydrogen) atoms. The zero-order valence-electron chi connectivity index (χ0n) is 25.5. The first kappa shape index (κ1) is 36.4. The van der Waals surface area contributed by atoms with Crippen LogP contribution in [0.2, 0.25) is 10.0 Å². The van der Waals surface area contributed by atoms with Gasteiger partial charge in [0.05, 0.1) is 21.6 Å². The second-order valence-corrected chi connectivity index (χ2v) is 14.1. The van der Waals surface area contributed by atoms with Crippen molar-refractivity contribution in [1.29, 1.82) is 0 Å². The van der Waals surface area contributed by atoms with Crippen molar-refractivity contribution in [3.8, 4) is 5.75 Å². The van der Waals surface area contributed by atoms with E-state index in [9.17, 15) is 24.1 Å². The number of aryl methyl sites for hydroxylation is 2. The van der Waals surface area contributed by atoms with Gasteiger partial charge in [-0.3, -0.25) is 19.4 Å². The first-order valence-corrected chi connectivity index (χ1v) is 17.5. The Hall–Kier alpha value is -3.39. The van der Waals surface area contributed by atoms with Gasteiger partial charge < -0.3 is 36.3 Å². The molecule has 0 spiro atoms. The number of nitrogens with one attached hydrogen (secondary N) is 4. The molecule has 17 heteroatoms. The Bertz CT molecular complexity index is 1730. The number of amides is 3. The van der Waals surface area contributed by atoms with Gasteiger partial charge >= 0.3 is 13.9 Å². The Morgan fingerprint density at radius 1 is 1.17 bits per heavy atom. The lowest BCUT2D eigenvalue weighted by molar-refractivity contribution is -0.135. The number of nitrogens with two attached hydrogens (primary N) is 1.